The third-order valence-electron chi connectivity index (χ3n) is 5.23. The fourth-order valence-corrected chi connectivity index (χ4v) is 3.93. The quantitative estimate of drug-likeness (QED) is 0.814. The molecular weight excluding hydrogens is 298 g/mol. The largest absolute Gasteiger partial charge is 0.356 e. The van der Waals surface area contributed by atoms with E-state index < -0.39 is 0 Å². The highest BCUT2D eigenvalue weighted by molar-refractivity contribution is 5.79. The molecule has 2 aliphatic rings. The zero-order valence-electron chi connectivity index (χ0n) is 13.2. The summed E-state index contributed by atoms with van der Waals surface area (Å²) >= 11 is 0. The number of para-hydroxylation sites is 1. The molecule has 1 aromatic carbocycles. The average Bonchev–Trinajstić information content (AvgIpc) is 3.01. The maximum atomic E-state index is 5.48. The van der Waals surface area contributed by atoms with Gasteiger partial charge >= 0.3 is 0 Å². The van der Waals surface area contributed by atoms with Gasteiger partial charge < -0.3 is 4.52 Å². The molecule has 0 bridgehead atoms. The standard InChI is InChI=1S/C18H25N3O.2CH4/c1-4-10-20(11-5-1)14-21-12-8-15(9-13-21)18-16-6-2-3-7-17(16)22-19-18;;/h2-3,6-7,15H,1,4-5,8-14H2;2*1H4. The Kier molecular flexibility index (Phi) is 6.81. The van der Waals surface area contributed by atoms with Crippen LogP contribution in [0.3, 0.4) is 0 Å². The molecule has 0 spiro atoms. The molecule has 3 heterocycles. The minimum atomic E-state index is 0. The van der Waals surface area contributed by atoms with E-state index >= 15 is 0 Å². The Hall–Kier alpha value is -1.39. The van der Waals surface area contributed by atoms with Crippen LogP contribution in [0.15, 0.2) is 28.8 Å². The fraction of sp³-hybridized carbons (Fsp3) is 0.650. The molecule has 0 aliphatic carbocycles. The Morgan fingerprint density at radius 2 is 1.58 bits per heavy atom. The zero-order valence-corrected chi connectivity index (χ0v) is 13.2. The van der Waals surface area contributed by atoms with Crippen LogP contribution in [0.5, 0.6) is 0 Å². The lowest BCUT2D eigenvalue weighted by Gasteiger charge is -2.36. The summed E-state index contributed by atoms with van der Waals surface area (Å²) in [6, 6.07) is 8.24. The van der Waals surface area contributed by atoms with Gasteiger partial charge in [0, 0.05) is 24.4 Å². The van der Waals surface area contributed by atoms with E-state index in [1.54, 1.807) is 0 Å². The maximum absolute atomic E-state index is 5.48. The van der Waals surface area contributed by atoms with E-state index in [0.29, 0.717) is 5.92 Å². The second-order valence-electron chi connectivity index (χ2n) is 6.78. The van der Waals surface area contributed by atoms with Crippen LogP contribution in [0.25, 0.3) is 11.0 Å². The molecule has 0 N–H and O–H groups in total. The van der Waals surface area contributed by atoms with Crippen LogP contribution >= 0.6 is 0 Å². The Bertz CT molecular complexity index is 610. The highest BCUT2D eigenvalue weighted by atomic mass is 16.5. The lowest BCUT2D eigenvalue weighted by atomic mass is 9.92. The number of hydrogen-bond donors (Lipinski definition) is 0. The summed E-state index contributed by atoms with van der Waals surface area (Å²) in [6.07, 6.45) is 6.56. The zero-order chi connectivity index (χ0) is 14.8. The second-order valence-corrected chi connectivity index (χ2v) is 6.78. The van der Waals surface area contributed by atoms with Crippen LogP contribution < -0.4 is 0 Å². The molecular formula is C20H33N3O. The van der Waals surface area contributed by atoms with E-state index in [2.05, 4.69) is 27.1 Å². The van der Waals surface area contributed by atoms with Crippen LogP contribution in [0.2, 0.25) is 0 Å². The Morgan fingerprint density at radius 3 is 2.33 bits per heavy atom. The van der Waals surface area contributed by atoms with Crippen molar-refractivity contribution in [1.82, 2.24) is 15.0 Å². The number of aromatic nitrogens is 1. The molecule has 2 saturated heterocycles. The van der Waals surface area contributed by atoms with Gasteiger partial charge in [-0.05, 0) is 50.9 Å². The summed E-state index contributed by atoms with van der Waals surface area (Å²) < 4.78 is 5.48. The summed E-state index contributed by atoms with van der Waals surface area (Å²) in [5.74, 6) is 0.557. The van der Waals surface area contributed by atoms with Crippen molar-refractivity contribution in [2.75, 3.05) is 32.8 Å². The summed E-state index contributed by atoms with van der Waals surface area (Å²) in [5.41, 5.74) is 2.10. The number of likely N-dealkylation sites (tertiary alicyclic amines) is 2. The first kappa shape index (κ1) is 18.9. The molecule has 1 aromatic heterocycles. The average molecular weight is 332 g/mol. The molecule has 0 amide bonds. The van der Waals surface area contributed by atoms with E-state index in [4.69, 9.17) is 4.52 Å². The summed E-state index contributed by atoms with van der Waals surface area (Å²) in [6.45, 7) is 6.10. The van der Waals surface area contributed by atoms with Crippen LogP contribution in [0.4, 0.5) is 0 Å². The summed E-state index contributed by atoms with van der Waals surface area (Å²) in [5, 5.41) is 5.56. The Morgan fingerprint density at radius 1 is 0.917 bits per heavy atom. The molecule has 4 nitrogen and oxygen atoms in total. The molecule has 134 valence electrons. The van der Waals surface area contributed by atoms with Gasteiger partial charge in [-0.25, -0.2) is 0 Å². The monoisotopic (exact) mass is 331 g/mol. The van der Waals surface area contributed by atoms with Gasteiger partial charge in [0.15, 0.2) is 5.58 Å². The van der Waals surface area contributed by atoms with Crippen molar-refractivity contribution in [3.63, 3.8) is 0 Å². The van der Waals surface area contributed by atoms with Gasteiger partial charge in [0.25, 0.3) is 0 Å². The number of benzene rings is 1. The van der Waals surface area contributed by atoms with Gasteiger partial charge in [-0.3, -0.25) is 9.80 Å². The van der Waals surface area contributed by atoms with E-state index in [9.17, 15) is 0 Å². The lowest BCUT2D eigenvalue weighted by Crippen LogP contribution is -2.43. The van der Waals surface area contributed by atoms with Crippen molar-refractivity contribution < 1.29 is 4.52 Å². The van der Waals surface area contributed by atoms with Gasteiger partial charge in [-0.1, -0.05) is 38.6 Å². The Labute approximate surface area is 146 Å². The molecule has 2 aromatic rings. The van der Waals surface area contributed by atoms with E-state index in [-0.39, 0.29) is 14.9 Å². The Balaban J connectivity index is 0.00000104. The molecule has 0 saturated carbocycles. The predicted octanol–water partition coefficient (Wildman–Crippen LogP) is 4.72. The van der Waals surface area contributed by atoms with Crippen molar-refractivity contribution in [1.29, 1.82) is 0 Å². The molecule has 0 radical (unpaired) electrons. The fourth-order valence-electron chi connectivity index (χ4n) is 3.93. The predicted molar refractivity (Wildman–Crippen MR) is 101 cm³/mol. The summed E-state index contributed by atoms with van der Waals surface area (Å²) in [4.78, 5) is 5.24. The third kappa shape index (κ3) is 3.98. The first-order valence-electron chi connectivity index (χ1n) is 8.69. The molecule has 0 unspecified atom stereocenters. The van der Waals surface area contributed by atoms with E-state index in [0.717, 1.165) is 12.3 Å². The number of fused-ring (bicyclic) bond motifs is 1. The maximum Gasteiger partial charge on any atom is 0.167 e. The molecule has 4 heteroatoms. The minimum Gasteiger partial charge on any atom is -0.356 e. The second kappa shape index (κ2) is 8.63. The van der Waals surface area contributed by atoms with Crippen molar-refractivity contribution in [2.45, 2.75) is 52.9 Å². The van der Waals surface area contributed by atoms with E-state index in [1.807, 2.05) is 12.1 Å². The van der Waals surface area contributed by atoms with E-state index in [1.165, 1.54) is 69.4 Å². The summed E-state index contributed by atoms with van der Waals surface area (Å²) in [7, 11) is 0. The number of rotatable bonds is 3. The molecule has 2 aliphatic heterocycles. The van der Waals surface area contributed by atoms with Crippen LogP contribution in [-0.2, 0) is 0 Å². The smallest absolute Gasteiger partial charge is 0.167 e. The van der Waals surface area contributed by atoms with Gasteiger partial charge in [0.1, 0.15) is 0 Å². The third-order valence-corrected chi connectivity index (χ3v) is 5.23. The minimum absolute atomic E-state index is 0. The number of hydrogen-bond acceptors (Lipinski definition) is 4. The highest BCUT2D eigenvalue weighted by Crippen LogP contribution is 2.32. The van der Waals surface area contributed by atoms with Gasteiger partial charge in [-0.15, -0.1) is 0 Å². The van der Waals surface area contributed by atoms with Crippen LogP contribution in [-0.4, -0.2) is 47.8 Å². The molecule has 2 fully saturated rings. The van der Waals surface area contributed by atoms with Crippen LogP contribution in [0, 0.1) is 0 Å². The number of piperidine rings is 2. The first-order valence-corrected chi connectivity index (χ1v) is 8.69. The van der Waals surface area contributed by atoms with Gasteiger partial charge in [-0.2, -0.15) is 0 Å². The number of nitrogens with zero attached hydrogens (tertiary/aromatic N) is 3. The van der Waals surface area contributed by atoms with Crippen molar-refractivity contribution in [3.8, 4) is 0 Å². The van der Waals surface area contributed by atoms with Crippen molar-refractivity contribution in [3.05, 3.63) is 30.0 Å². The SMILES string of the molecule is C.C.c1ccc2c(C3CCN(CN4CCCCC4)CC3)noc2c1. The van der Waals surface area contributed by atoms with Crippen molar-refractivity contribution >= 4 is 11.0 Å². The first-order chi connectivity index (χ1) is 10.9. The van der Waals surface area contributed by atoms with Crippen LogP contribution in [0.1, 0.15) is 58.6 Å². The van der Waals surface area contributed by atoms with Crippen molar-refractivity contribution in [2.24, 2.45) is 0 Å². The topological polar surface area (TPSA) is 32.5 Å². The highest BCUT2D eigenvalue weighted by Gasteiger charge is 2.25. The molecule has 4 rings (SSSR count). The lowest BCUT2D eigenvalue weighted by molar-refractivity contribution is 0.0921. The normalized spacial score (nSPS) is 20.5. The van der Waals surface area contributed by atoms with Gasteiger partial charge in [0.2, 0.25) is 0 Å². The molecule has 24 heavy (non-hydrogen) atoms. The molecule has 0 atom stereocenters. The van der Waals surface area contributed by atoms with Gasteiger partial charge in [0.05, 0.1) is 12.4 Å².